The minimum atomic E-state index is -0.287. The molecule has 0 aromatic heterocycles. The Labute approximate surface area is 96.7 Å². The number of hydrogen-bond donors (Lipinski definition) is 1. The zero-order chi connectivity index (χ0) is 11.8. The van der Waals surface area contributed by atoms with E-state index in [0.717, 1.165) is 19.1 Å². The van der Waals surface area contributed by atoms with Crippen LogP contribution in [0.15, 0.2) is 0 Å². The number of hydrogen-bond acceptors (Lipinski definition) is 4. The van der Waals surface area contributed by atoms with Crippen molar-refractivity contribution in [2.24, 2.45) is 5.92 Å². The molecule has 0 saturated heterocycles. The summed E-state index contributed by atoms with van der Waals surface area (Å²) >= 11 is 0. The Morgan fingerprint density at radius 1 is 1.44 bits per heavy atom. The van der Waals surface area contributed by atoms with Gasteiger partial charge in [0.05, 0.1) is 19.2 Å². The highest BCUT2D eigenvalue weighted by molar-refractivity contribution is 5.72. The Morgan fingerprint density at radius 2 is 2.12 bits per heavy atom. The molecule has 0 aromatic rings. The average Bonchev–Trinajstić information content (AvgIpc) is 2.31. The summed E-state index contributed by atoms with van der Waals surface area (Å²) in [6, 6.07) is -0.190. The van der Waals surface area contributed by atoms with E-state index in [4.69, 9.17) is 4.74 Å². The highest BCUT2D eigenvalue weighted by Gasteiger charge is 2.23. The van der Waals surface area contributed by atoms with Crippen molar-refractivity contribution in [1.29, 1.82) is 0 Å². The number of nitrogens with one attached hydrogen (secondary N) is 1. The van der Waals surface area contributed by atoms with Crippen LogP contribution in [0.2, 0.25) is 0 Å². The molecule has 0 amide bonds. The molecule has 16 heavy (non-hydrogen) atoms. The first-order chi connectivity index (χ1) is 7.77. The fourth-order valence-electron chi connectivity index (χ4n) is 2.23. The van der Waals surface area contributed by atoms with Gasteiger partial charge < -0.3 is 9.53 Å². The Bertz CT molecular complexity index is 224. The molecule has 0 spiro atoms. The van der Waals surface area contributed by atoms with Gasteiger partial charge in [-0.3, -0.25) is 10.1 Å². The van der Waals surface area contributed by atoms with Gasteiger partial charge in [-0.2, -0.15) is 0 Å². The SMILES string of the molecule is CCOC(=O)CNC(C=O)C1CCCCC1. The Hall–Kier alpha value is -0.900. The number of carbonyl (C=O) groups excluding carboxylic acids is 2. The molecule has 0 aromatic carbocycles. The number of esters is 1. The van der Waals surface area contributed by atoms with Crippen LogP contribution in [0.4, 0.5) is 0 Å². The molecule has 0 radical (unpaired) electrons. The standard InChI is InChI=1S/C12H21NO3/c1-2-16-12(15)8-13-11(9-14)10-6-4-3-5-7-10/h9-11,13H,2-8H2,1H3. The zero-order valence-corrected chi connectivity index (χ0v) is 9.91. The quantitative estimate of drug-likeness (QED) is 0.548. The van der Waals surface area contributed by atoms with Crippen molar-refractivity contribution in [3.05, 3.63) is 0 Å². The van der Waals surface area contributed by atoms with Gasteiger partial charge in [-0.25, -0.2) is 0 Å². The molecule has 0 heterocycles. The van der Waals surface area contributed by atoms with Crippen molar-refractivity contribution in [1.82, 2.24) is 5.32 Å². The Morgan fingerprint density at radius 3 is 2.69 bits per heavy atom. The predicted octanol–water partition coefficient (Wildman–Crippen LogP) is 1.29. The van der Waals surface area contributed by atoms with Crippen LogP contribution in [0, 0.1) is 5.92 Å². The lowest BCUT2D eigenvalue weighted by atomic mass is 9.84. The third kappa shape index (κ3) is 4.31. The van der Waals surface area contributed by atoms with Gasteiger partial charge in [0.2, 0.25) is 0 Å². The summed E-state index contributed by atoms with van der Waals surface area (Å²) in [4.78, 5) is 22.1. The maximum Gasteiger partial charge on any atom is 0.319 e. The van der Waals surface area contributed by atoms with Gasteiger partial charge in [-0.15, -0.1) is 0 Å². The van der Waals surface area contributed by atoms with Gasteiger partial charge >= 0.3 is 5.97 Å². The monoisotopic (exact) mass is 227 g/mol. The molecule has 1 rings (SSSR count). The van der Waals surface area contributed by atoms with E-state index in [1.807, 2.05) is 0 Å². The minimum absolute atomic E-state index is 0.133. The van der Waals surface area contributed by atoms with Crippen LogP contribution in [0.5, 0.6) is 0 Å². The summed E-state index contributed by atoms with van der Waals surface area (Å²) < 4.78 is 4.81. The second kappa shape index (κ2) is 7.39. The molecule has 1 saturated carbocycles. The molecule has 1 fully saturated rings. The number of carbonyl (C=O) groups is 2. The Balaban J connectivity index is 2.30. The molecule has 92 valence electrons. The number of rotatable bonds is 6. The van der Waals surface area contributed by atoms with E-state index in [1.54, 1.807) is 6.92 Å². The fourth-order valence-corrected chi connectivity index (χ4v) is 2.23. The summed E-state index contributed by atoms with van der Waals surface area (Å²) in [5, 5.41) is 2.98. The smallest absolute Gasteiger partial charge is 0.319 e. The molecule has 4 nitrogen and oxygen atoms in total. The molecule has 1 aliphatic rings. The van der Waals surface area contributed by atoms with Crippen molar-refractivity contribution in [3.8, 4) is 0 Å². The number of aldehydes is 1. The normalized spacial score (nSPS) is 19.1. The van der Waals surface area contributed by atoms with Crippen molar-refractivity contribution < 1.29 is 14.3 Å². The summed E-state index contributed by atoms with van der Waals surface area (Å²) in [5.41, 5.74) is 0. The first-order valence-corrected chi connectivity index (χ1v) is 6.12. The van der Waals surface area contributed by atoms with Crippen LogP contribution in [0.1, 0.15) is 39.0 Å². The second-order valence-corrected chi connectivity index (χ2v) is 4.25. The molecule has 0 bridgehead atoms. The molecule has 1 atom stereocenters. The van der Waals surface area contributed by atoms with Gasteiger partial charge in [0.1, 0.15) is 6.29 Å². The topological polar surface area (TPSA) is 55.4 Å². The lowest BCUT2D eigenvalue weighted by Crippen LogP contribution is -2.41. The zero-order valence-electron chi connectivity index (χ0n) is 9.91. The summed E-state index contributed by atoms with van der Waals surface area (Å²) in [6.07, 6.45) is 6.74. The minimum Gasteiger partial charge on any atom is -0.465 e. The maximum atomic E-state index is 11.1. The Kier molecular flexibility index (Phi) is 6.08. The van der Waals surface area contributed by atoms with E-state index in [9.17, 15) is 9.59 Å². The van der Waals surface area contributed by atoms with E-state index >= 15 is 0 Å². The van der Waals surface area contributed by atoms with Crippen molar-refractivity contribution >= 4 is 12.3 Å². The second-order valence-electron chi connectivity index (χ2n) is 4.25. The van der Waals surface area contributed by atoms with Crippen molar-refractivity contribution in [2.45, 2.75) is 45.1 Å². The van der Waals surface area contributed by atoms with E-state index in [2.05, 4.69) is 5.32 Å². The maximum absolute atomic E-state index is 11.1. The first-order valence-electron chi connectivity index (χ1n) is 6.12. The van der Waals surface area contributed by atoms with Gasteiger partial charge in [-0.1, -0.05) is 19.3 Å². The first kappa shape index (κ1) is 13.2. The van der Waals surface area contributed by atoms with E-state index in [-0.39, 0.29) is 18.6 Å². The highest BCUT2D eigenvalue weighted by Crippen LogP contribution is 2.25. The van der Waals surface area contributed by atoms with E-state index in [1.165, 1.54) is 19.3 Å². The molecule has 1 unspecified atom stereocenters. The fraction of sp³-hybridized carbons (Fsp3) is 0.833. The molecular weight excluding hydrogens is 206 g/mol. The van der Waals surface area contributed by atoms with Crippen LogP contribution in [0.25, 0.3) is 0 Å². The van der Waals surface area contributed by atoms with E-state index < -0.39 is 0 Å². The third-order valence-electron chi connectivity index (χ3n) is 3.09. The van der Waals surface area contributed by atoms with Crippen LogP contribution < -0.4 is 5.32 Å². The van der Waals surface area contributed by atoms with Crippen molar-refractivity contribution in [3.63, 3.8) is 0 Å². The molecule has 4 heteroatoms. The summed E-state index contributed by atoms with van der Waals surface area (Å²) in [6.45, 7) is 2.29. The molecule has 1 aliphatic carbocycles. The number of ether oxygens (including phenoxy) is 1. The van der Waals surface area contributed by atoms with Gasteiger partial charge in [0, 0.05) is 0 Å². The van der Waals surface area contributed by atoms with E-state index in [0.29, 0.717) is 12.5 Å². The average molecular weight is 227 g/mol. The largest absolute Gasteiger partial charge is 0.465 e. The third-order valence-corrected chi connectivity index (χ3v) is 3.09. The van der Waals surface area contributed by atoms with Crippen LogP contribution in [0.3, 0.4) is 0 Å². The summed E-state index contributed by atoms with van der Waals surface area (Å²) in [5.74, 6) is 0.103. The van der Waals surface area contributed by atoms with Gasteiger partial charge in [0.25, 0.3) is 0 Å². The predicted molar refractivity (Wildman–Crippen MR) is 61.1 cm³/mol. The van der Waals surface area contributed by atoms with Crippen LogP contribution >= 0.6 is 0 Å². The van der Waals surface area contributed by atoms with Crippen LogP contribution in [-0.2, 0) is 14.3 Å². The molecular formula is C12H21NO3. The lowest BCUT2D eigenvalue weighted by Gasteiger charge is -2.27. The molecule has 0 aliphatic heterocycles. The lowest BCUT2D eigenvalue weighted by molar-refractivity contribution is -0.142. The van der Waals surface area contributed by atoms with Crippen LogP contribution in [-0.4, -0.2) is 31.4 Å². The van der Waals surface area contributed by atoms with Gasteiger partial charge in [-0.05, 0) is 25.7 Å². The molecule has 1 N–H and O–H groups in total. The highest BCUT2D eigenvalue weighted by atomic mass is 16.5. The summed E-state index contributed by atoms with van der Waals surface area (Å²) in [7, 11) is 0. The van der Waals surface area contributed by atoms with Crippen molar-refractivity contribution in [2.75, 3.05) is 13.2 Å². The van der Waals surface area contributed by atoms with Gasteiger partial charge in [0.15, 0.2) is 0 Å².